The fraction of sp³-hybridized carbons (Fsp3) is 0.900. The van der Waals surface area contributed by atoms with Crippen molar-refractivity contribution in [1.82, 2.24) is 0 Å². The minimum absolute atomic E-state index is 0.109. The molecule has 3 aliphatic rings. The molecule has 1 unspecified atom stereocenters. The molecule has 3 rings (SSSR count). The molecular weight excluding hydrogens is 288 g/mol. The maximum atomic E-state index is 10.2. The molecular formula is C20H34O3. The highest BCUT2D eigenvalue weighted by Crippen LogP contribution is 2.61. The van der Waals surface area contributed by atoms with Gasteiger partial charge in [-0.2, -0.15) is 0 Å². The Bertz CT molecular complexity index is 480. The van der Waals surface area contributed by atoms with Gasteiger partial charge < -0.3 is 14.9 Å². The summed E-state index contributed by atoms with van der Waals surface area (Å²) in [7, 11) is 0. The van der Waals surface area contributed by atoms with Crippen molar-refractivity contribution in [3.8, 4) is 0 Å². The summed E-state index contributed by atoms with van der Waals surface area (Å²) in [6.45, 7) is 12.4. The van der Waals surface area contributed by atoms with Gasteiger partial charge in [0.1, 0.15) is 0 Å². The van der Waals surface area contributed by atoms with Gasteiger partial charge in [-0.1, -0.05) is 19.1 Å². The number of hydrogen-bond donors (Lipinski definition) is 2. The SMILES string of the molecule is C=C1CC[C@H]2O[C@]2(C)CC[C@@H]2[C@@H]1C[C@@]2(C)CCC(O)C(C)(C)O. The second-order valence-electron chi connectivity index (χ2n) is 9.43. The largest absolute Gasteiger partial charge is 0.390 e. The molecule has 0 aromatic carbocycles. The van der Waals surface area contributed by atoms with Crippen LogP contribution in [0.5, 0.6) is 0 Å². The average Bonchev–Trinajstić information content (AvgIpc) is 3.08. The predicted octanol–water partition coefficient (Wildman–Crippen LogP) is 3.83. The van der Waals surface area contributed by atoms with Crippen molar-refractivity contribution in [2.75, 3.05) is 0 Å². The van der Waals surface area contributed by atoms with E-state index in [0.717, 1.165) is 25.7 Å². The second-order valence-corrected chi connectivity index (χ2v) is 9.43. The number of aliphatic hydroxyl groups excluding tert-OH is 1. The second kappa shape index (κ2) is 5.57. The molecule has 0 bridgehead atoms. The molecule has 23 heavy (non-hydrogen) atoms. The number of hydrogen-bond acceptors (Lipinski definition) is 3. The van der Waals surface area contributed by atoms with Crippen LogP contribution in [-0.4, -0.2) is 33.6 Å². The highest BCUT2D eigenvalue weighted by Gasteiger charge is 2.57. The van der Waals surface area contributed by atoms with Crippen molar-refractivity contribution in [3.05, 3.63) is 12.2 Å². The highest BCUT2D eigenvalue weighted by atomic mass is 16.6. The lowest BCUT2D eigenvalue weighted by molar-refractivity contribution is -0.0771. The van der Waals surface area contributed by atoms with Gasteiger partial charge in [0.05, 0.1) is 23.4 Å². The van der Waals surface area contributed by atoms with Gasteiger partial charge in [-0.15, -0.1) is 0 Å². The van der Waals surface area contributed by atoms with Crippen LogP contribution in [0.3, 0.4) is 0 Å². The molecule has 1 heterocycles. The Morgan fingerprint density at radius 2 is 2.04 bits per heavy atom. The monoisotopic (exact) mass is 322 g/mol. The van der Waals surface area contributed by atoms with Crippen LogP contribution in [-0.2, 0) is 4.74 Å². The van der Waals surface area contributed by atoms with Gasteiger partial charge in [0.15, 0.2) is 0 Å². The number of aliphatic hydroxyl groups is 2. The molecule has 0 aromatic heterocycles. The van der Waals surface area contributed by atoms with E-state index in [1.54, 1.807) is 13.8 Å². The fourth-order valence-electron chi connectivity index (χ4n) is 5.03. The topological polar surface area (TPSA) is 53.0 Å². The summed E-state index contributed by atoms with van der Waals surface area (Å²) in [5.41, 5.74) is 0.781. The zero-order valence-corrected chi connectivity index (χ0v) is 15.3. The van der Waals surface area contributed by atoms with Gasteiger partial charge >= 0.3 is 0 Å². The van der Waals surface area contributed by atoms with E-state index >= 15 is 0 Å². The van der Waals surface area contributed by atoms with E-state index in [1.165, 1.54) is 18.4 Å². The molecule has 0 amide bonds. The third-order valence-corrected chi connectivity index (χ3v) is 7.11. The van der Waals surface area contributed by atoms with Crippen molar-refractivity contribution >= 4 is 0 Å². The summed E-state index contributed by atoms with van der Waals surface area (Å²) in [5.74, 6) is 1.31. The van der Waals surface area contributed by atoms with E-state index in [0.29, 0.717) is 24.4 Å². The van der Waals surface area contributed by atoms with Crippen LogP contribution in [0.2, 0.25) is 0 Å². The number of fused-ring (bicyclic) bond motifs is 2. The zero-order valence-electron chi connectivity index (χ0n) is 15.3. The Kier molecular flexibility index (Phi) is 4.23. The van der Waals surface area contributed by atoms with E-state index in [4.69, 9.17) is 4.74 Å². The molecule has 0 radical (unpaired) electrons. The van der Waals surface area contributed by atoms with Gasteiger partial charge in [-0.05, 0) is 83.0 Å². The lowest BCUT2D eigenvalue weighted by atomic mass is 9.49. The van der Waals surface area contributed by atoms with Crippen LogP contribution in [0.25, 0.3) is 0 Å². The van der Waals surface area contributed by atoms with Crippen molar-refractivity contribution < 1.29 is 14.9 Å². The van der Waals surface area contributed by atoms with Crippen LogP contribution in [0.15, 0.2) is 12.2 Å². The van der Waals surface area contributed by atoms with Crippen LogP contribution in [0, 0.1) is 17.3 Å². The number of ether oxygens (including phenoxy) is 1. The maximum Gasteiger partial charge on any atom is 0.0920 e. The Labute approximate surface area is 141 Å². The first kappa shape index (κ1) is 17.4. The standard InChI is InChI=1S/C20H34O3/c1-13-6-7-17-20(5,23-17)11-8-15-14(13)12-19(15,4)10-9-16(21)18(2,3)22/h14-17,21-22H,1,6-12H2,2-5H3/t14-,15-,16?,17-,19-,20-/m1/s1. The molecule has 2 saturated carbocycles. The Morgan fingerprint density at radius 1 is 1.35 bits per heavy atom. The first-order valence-corrected chi connectivity index (χ1v) is 9.31. The summed E-state index contributed by atoms with van der Waals surface area (Å²) in [4.78, 5) is 0. The van der Waals surface area contributed by atoms with E-state index in [1.807, 2.05) is 0 Å². The lowest BCUT2D eigenvalue weighted by Crippen LogP contribution is -2.48. The lowest BCUT2D eigenvalue weighted by Gasteiger charge is -2.55. The molecule has 3 fully saturated rings. The quantitative estimate of drug-likeness (QED) is 0.611. The summed E-state index contributed by atoms with van der Waals surface area (Å²) < 4.78 is 5.93. The third-order valence-electron chi connectivity index (χ3n) is 7.11. The molecule has 3 heteroatoms. The summed E-state index contributed by atoms with van der Waals surface area (Å²) in [6.07, 6.45) is 7.22. The van der Waals surface area contributed by atoms with Gasteiger partial charge in [0.25, 0.3) is 0 Å². The van der Waals surface area contributed by atoms with E-state index in [9.17, 15) is 10.2 Å². The number of epoxide rings is 1. The van der Waals surface area contributed by atoms with Gasteiger partial charge in [0, 0.05) is 0 Å². The Hall–Kier alpha value is -0.380. The number of allylic oxidation sites excluding steroid dienone is 1. The van der Waals surface area contributed by atoms with Crippen molar-refractivity contribution in [2.24, 2.45) is 17.3 Å². The normalized spacial score (nSPS) is 45.0. The summed E-state index contributed by atoms with van der Waals surface area (Å²) in [6, 6.07) is 0. The highest BCUT2D eigenvalue weighted by molar-refractivity contribution is 5.17. The van der Waals surface area contributed by atoms with Crippen molar-refractivity contribution in [3.63, 3.8) is 0 Å². The van der Waals surface area contributed by atoms with Crippen LogP contribution in [0.1, 0.15) is 72.6 Å². The molecule has 3 nitrogen and oxygen atoms in total. The zero-order chi connectivity index (χ0) is 17.0. The van der Waals surface area contributed by atoms with Gasteiger partial charge in [-0.25, -0.2) is 0 Å². The smallest absolute Gasteiger partial charge is 0.0920 e. The fourth-order valence-corrected chi connectivity index (χ4v) is 5.03. The van der Waals surface area contributed by atoms with Crippen LogP contribution < -0.4 is 0 Å². The first-order valence-electron chi connectivity index (χ1n) is 9.31. The van der Waals surface area contributed by atoms with E-state index in [-0.39, 0.29) is 11.0 Å². The molecule has 0 aromatic rings. The van der Waals surface area contributed by atoms with Gasteiger partial charge in [-0.3, -0.25) is 0 Å². The molecule has 1 saturated heterocycles. The minimum Gasteiger partial charge on any atom is -0.390 e. The summed E-state index contributed by atoms with van der Waals surface area (Å²) >= 11 is 0. The Balaban J connectivity index is 1.64. The maximum absolute atomic E-state index is 10.2. The van der Waals surface area contributed by atoms with Crippen molar-refractivity contribution in [2.45, 2.75) is 96.1 Å². The predicted molar refractivity (Wildman–Crippen MR) is 92.1 cm³/mol. The molecule has 2 aliphatic carbocycles. The third kappa shape index (κ3) is 3.25. The van der Waals surface area contributed by atoms with Crippen LogP contribution >= 0.6 is 0 Å². The van der Waals surface area contributed by atoms with E-state index in [2.05, 4.69) is 20.4 Å². The van der Waals surface area contributed by atoms with Crippen molar-refractivity contribution in [1.29, 1.82) is 0 Å². The average molecular weight is 322 g/mol. The Morgan fingerprint density at radius 3 is 2.70 bits per heavy atom. The first-order chi connectivity index (χ1) is 10.6. The number of rotatable bonds is 4. The molecule has 6 atom stereocenters. The molecule has 132 valence electrons. The minimum atomic E-state index is -1.01. The molecule has 0 spiro atoms. The van der Waals surface area contributed by atoms with E-state index < -0.39 is 11.7 Å². The summed E-state index contributed by atoms with van der Waals surface area (Å²) in [5, 5.41) is 20.1. The molecule has 2 N–H and O–H groups in total. The van der Waals surface area contributed by atoms with Crippen LogP contribution in [0.4, 0.5) is 0 Å². The molecule has 1 aliphatic heterocycles. The van der Waals surface area contributed by atoms with Gasteiger partial charge in [0.2, 0.25) is 0 Å².